The number of ether oxygens (including phenoxy) is 2. The van der Waals surface area contributed by atoms with Gasteiger partial charge in [0, 0.05) is 23.7 Å². The molecule has 1 aromatic carbocycles. The third-order valence-electron chi connectivity index (χ3n) is 6.90. The van der Waals surface area contributed by atoms with Crippen LogP contribution >= 0.6 is 11.6 Å². The molecule has 0 N–H and O–H groups in total. The molecule has 4 rings (SSSR count). The lowest BCUT2D eigenvalue weighted by Gasteiger charge is -2.42. The minimum atomic E-state index is -0.735. The summed E-state index contributed by atoms with van der Waals surface area (Å²) >= 11 is 6.14. The number of rotatable bonds is 4. The van der Waals surface area contributed by atoms with Crippen LogP contribution in [0.15, 0.2) is 24.3 Å². The van der Waals surface area contributed by atoms with Crippen molar-refractivity contribution in [2.75, 3.05) is 26.3 Å². The third-order valence-corrected chi connectivity index (χ3v) is 7.13. The molecular formula is C24H31ClN2O5. The number of halogens is 1. The standard InChI is InChI=1S/C24H31ClN2O5/c1-2-31-23(30)17-9-13-26(14-10-17)22(29)20-16-32-24(11-4-3-5-12-24)27(20)21(28)18-7-6-8-19(25)15-18/h6-8,15,17,20H,2-5,9-14,16H2,1H3/t20-/m1/s1. The number of piperidine rings is 1. The van der Waals surface area contributed by atoms with Gasteiger partial charge >= 0.3 is 5.97 Å². The highest BCUT2D eigenvalue weighted by molar-refractivity contribution is 6.31. The molecule has 3 aliphatic rings. The van der Waals surface area contributed by atoms with Crippen molar-refractivity contribution in [3.8, 4) is 0 Å². The van der Waals surface area contributed by atoms with Crippen molar-refractivity contribution in [3.05, 3.63) is 34.9 Å². The molecule has 2 aliphatic heterocycles. The summed E-state index contributed by atoms with van der Waals surface area (Å²) in [5.74, 6) is -0.688. The number of esters is 1. The van der Waals surface area contributed by atoms with E-state index < -0.39 is 11.8 Å². The van der Waals surface area contributed by atoms with E-state index in [-0.39, 0.29) is 30.3 Å². The molecule has 2 amide bonds. The SMILES string of the molecule is CCOC(=O)C1CCN(C(=O)[C@H]2COC3(CCCCC3)N2C(=O)c2cccc(Cl)c2)CC1. The van der Waals surface area contributed by atoms with Gasteiger partial charge in [-0.3, -0.25) is 19.3 Å². The molecule has 8 heteroatoms. The van der Waals surface area contributed by atoms with Crippen molar-refractivity contribution in [2.24, 2.45) is 5.92 Å². The first-order chi connectivity index (χ1) is 15.4. The van der Waals surface area contributed by atoms with Crippen LogP contribution in [0.4, 0.5) is 0 Å². The van der Waals surface area contributed by atoms with Crippen LogP contribution in [0.1, 0.15) is 62.2 Å². The fourth-order valence-corrected chi connectivity index (χ4v) is 5.42. The summed E-state index contributed by atoms with van der Waals surface area (Å²) in [6.45, 7) is 3.31. The maximum absolute atomic E-state index is 13.6. The lowest BCUT2D eigenvalue weighted by atomic mass is 9.89. The first-order valence-electron chi connectivity index (χ1n) is 11.6. The van der Waals surface area contributed by atoms with E-state index in [1.54, 1.807) is 41.0 Å². The smallest absolute Gasteiger partial charge is 0.309 e. The van der Waals surface area contributed by atoms with Crippen molar-refractivity contribution >= 4 is 29.4 Å². The predicted molar refractivity (Wildman–Crippen MR) is 119 cm³/mol. The molecule has 0 radical (unpaired) electrons. The molecule has 2 saturated heterocycles. The second-order valence-corrected chi connectivity index (χ2v) is 9.31. The molecule has 1 spiro atoms. The number of likely N-dealkylation sites (tertiary alicyclic amines) is 1. The van der Waals surface area contributed by atoms with Gasteiger partial charge in [0.1, 0.15) is 11.8 Å². The van der Waals surface area contributed by atoms with Gasteiger partial charge in [-0.2, -0.15) is 0 Å². The van der Waals surface area contributed by atoms with Gasteiger partial charge in [0.15, 0.2) is 0 Å². The first kappa shape index (κ1) is 23.1. The molecule has 32 heavy (non-hydrogen) atoms. The van der Waals surface area contributed by atoms with Crippen LogP contribution in [-0.2, 0) is 19.1 Å². The van der Waals surface area contributed by atoms with Gasteiger partial charge in [-0.1, -0.05) is 24.1 Å². The molecule has 2 heterocycles. The molecule has 0 bridgehead atoms. The van der Waals surface area contributed by atoms with Crippen LogP contribution in [0.2, 0.25) is 5.02 Å². The minimum absolute atomic E-state index is 0.106. The largest absolute Gasteiger partial charge is 0.466 e. The molecule has 1 aliphatic carbocycles. The van der Waals surface area contributed by atoms with Gasteiger partial charge < -0.3 is 14.4 Å². The summed E-state index contributed by atoms with van der Waals surface area (Å²) < 4.78 is 11.4. The fraction of sp³-hybridized carbons (Fsp3) is 0.625. The van der Waals surface area contributed by atoms with Gasteiger partial charge in [0.2, 0.25) is 5.91 Å². The van der Waals surface area contributed by atoms with Crippen LogP contribution < -0.4 is 0 Å². The Bertz CT molecular complexity index is 862. The Hall–Kier alpha value is -2.12. The van der Waals surface area contributed by atoms with Crippen LogP contribution in [0.25, 0.3) is 0 Å². The van der Waals surface area contributed by atoms with Gasteiger partial charge in [-0.15, -0.1) is 0 Å². The monoisotopic (exact) mass is 462 g/mol. The lowest BCUT2D eigenvalue weighted by molar-refractivity contribution is -0.151. The second-order valence-electron chi connectivity index (χ2n) is 8.87. The highest BCUT2D eigenvalue weighted by atomic mass is 35.5. The van der Waals surface area contributed by atoms with Crippen LogP contribution in [0, 0.1) is 5.92 Å². The minimum Gasteiger partial charge on any atom is -0.466 e. The number of nitrogens with zero attached hydrogens (tertiary/aromatic N) is 2. The molecular weight excluding hydrogens is 432 g/mol. The molecule has 1 aromatic rings. The molecule has 1 atom stereocenters. The average Bonchev–Trinajstić information content (AvgIpc) is 3.17. The maximum atomic E-state index is 13.6. The number of carbonyl (C=O) groups is 3. The third kappa shape index (κ3) is 4.50. The Balaban J connectivity index is 1.53. The van der Waals surface area contributed by atoms with Crippen molar-refractivity contribution < 1.29 is 23.9 Å². The topological polar surface area (TPSA) is 76.2 Å². The number of benzene rings is 1. The molecule has 174 valence electrons. The molecule has 0 aromatic heterocycles. The Morgan fingerprint density at radius 2 is 1.88 bits per heavy atom. The van der Waals surface area contributed by atoms with E-state index >= 15 is 0 Å². The molecule has 1 saturated carbocycles. The van der Waals surface area contributed by atoms with E-state index in [0.29, 0.717) is 43.1 Å². The Kier molecular flexibility index (Phi) is 7.05. The van der Waals surface area contributed by atoms with Crippen molar-refractivity contribution in [3.63, 3.8) is 0 Å². The quantitative estimate of drug-likeness (QED) is 0.638. The van der Waals surface area contributed by atoms with Gasteiger partial charge in [0.05, 0.1) is 19.1 Å². The number of carbonyl (C=O) groups excluding carboxylic acids is 3. The number of hydrogen-bond donors (Lipinski definition) is 0. The second kappa shape index (κ2) is 9.79. The zero-order valence-electron chi connectivity index (χ0n) is 18.6. The first-order valence-corrected chi connectivity index (χ1v) is 12.0. The summed E-state index contributed by atoms with van der Waals surface area (Å²) in [5, 5.41) is 0.484. The summed E-state index contributed by atoms with van der Waals surface area (Å²) in [5.41, 5.74) is -0.270. The van der Waals surface area contributed by atoms with E-state index in [1.165, 1.54) is 0 Å². The Labute approximate surface area is 194 Å². The molecule has 3 fully saturated rings. The summed E-state index contributed by atoms with van der Waals surface area (Å²) in [7, 11) is 0. The van der Waals surface area contributed by atoms with E-state index in [0.717, 1.165) is 32.1 Å². The van der Waals surface area contributed by atoms with Crippen LogP contribution in [0.3, 0.4) is 0 Å². The predicted octanol–water partition coefficient (Wildman–Crippen LogP) is 3.64. The lowest BCUT2D eigenvalue weighted by Crippen LogP contribution is -2.57. The van der Waals surface area contributed by atoms with Gasteiger partial charge in [0.25, 0.3) is 5.91 Å². The highest BCUT2D eigenvalue weighted by Crippen LogP contribution is 2.42. The van der Waals surface area contributed by atoms with Crippen LogP contribution in [-0.4, -0.2) is 65.7 Å². The van der Waals surface area contributed by atoms with Crippen molar-refractivity contribution in [2.45, 2.75) is 63.6 Å². The normalized spacial score (nSPS) is 23.4. The van der Waals surface area contributed by atoms with E-state index in [2.05, 4.69) is 0 Å². The number of hydrogen-bond acceptors (Lipinski definition) is 5. The summed E-state index contributed by atoms with van der Waals surface area (Å²) in [4.78, 5) is 42.7. The zero-order chi connectivity index (χ0) is 22.7. The summed E-state index contributed by atoms with van der Waals surface area (Å²) in [6, 6.07) is 6.18. The fourth-order valence-electron chi connectivity index (χ4n) is 5.23. The van der Waals surface area contributed by atoms with Crippen molar-refractivity contribution in [1.82, 2.24) is 9.80 Å². The average molecular weight is 463 g/mol. The highest BCUT2D eigenvalue weighted by Gasteiger charge is 2.53. The van der Waals surface area contributed by atoms with E-state index in [1.807, 2.05) is 0 Å². The molecule has 7 nitrogen and oxygen atoms in total. The van der Waals surface area contributed by atoms with E-state index in [4.69, 9.17) is 21.1 Å². The van der Waals surface area contributed by atoms with Crippen molar-refractivity contribution in [1.29, 1.82) is 0 Å². The van der Waals surface area contributed by atoms with Crippen LogP contribution in [0.5, 0.6) is 0 Å². The van der Waals surface area contributed by atoms with E-state index in [9.17, 15) is 14.4 Å². The molecule has 0 unspecified atom stereocenters. The zero-order valence-corrected chi connectivity index (χ0v) is 19.3. The maximum Gasteiger partial charge on any atom is 0.309 e. The number of amides is 2. The Morgan fingerprint density at radius 3 is 2.53 bits per heavy atom. The van der Waals surface area contributed by atoms with Gasteiger partial charge in [-0.05, 0) is 63.6 Å². The van der Waals surface area contributed by atoms with Gasteiger partial charge in [-0.25, -0.2) is 0 Å². The summed E-state index contributed by atoms with van der Waals surface area (Å²) in [6.07, 6.45) is 5.64. The Morgan fingerprint density at radius 1 is 1.16 bits per heavy atom.